The quantitative estimate of drug-likeness (QED) is 0.520. The molecule has 0 bridgehead atoms. The van der Waals surface area contributed by atoms with Crippen molar-refractivity contribution in [1.82, 2.24) is 0 Å². The van der Waals surface area contributed by atoms with Crippen LogP contribution in [0.5, 0.6) is 5.75 Å². The number of rotatable bonds is 8. The molecule has 0 radical (unpaired) electrons. The molecular weight excluding hydrogens is 420 g/mol. The first kappa shape index (κ1) is 21.8. The normalized spacial score (nSPS) is 10.7. The number of anilines is 2. The first-order valence-electron chi connectivity index (χ1n) is 9.17. The zero-order valence-electron chi connectivity index (χ0n) is 16.6. The van der Waals surface area contributed by atoms with Crippen LogP contribution >= 0.6 is 0 Å². The molecule has 0 aliphatic carbocycles. The summed E-state index contributed by atoms with van der Waals surface area (Å²) in [4.78, 5) is 24.5. The number of hydrogen-bond donors (Lipinski definition) is 2. The van der Waals surface area contributed by atoms with Crippen LogP contribution in [0.1, 0.15) is 10.4 Å². The fourth-order valence-corrected chi connectivity index (χ4v) is 3.74. The molecule has 3 rings (SSSR count). The largest absolute Gasteiger partial charge is 0.495 e. The van der Waals surface area contributed by atoms with Gasteiger partial charge in [-0.25, -0.2) is 13.2 Å². The van der Waals surface area contributed by atoms with Crippen molar-refractivity contribution in [1.29, 1.82) is 0 Å². The molecule has 0 heterocycles. The average Bonchev–Trinajstić information content (AvgIpc) is 2.78. The standard InChI is InChI=1S/C22H20N2O6S/c1-29-20-13-6-5-12-19(20)23-21(25)15-30-22(26)16-8-7-9-17(14-16)24-31(27,28)18-10-3-2-4-11-18/h2-14,24H,15H2,1H3,(H,23,25). The van der Waals surface area contributed by atoms with Gasteiger partial charge < -0.3 is 14.8 Å². The number of benzene rings is 3. The molecule has 31 heavy (non-hydrogen) atoms. The maximum absolute atomic E-state index is 12.4. The molecule has 0 unspecified atom stereocenters. The molecule has 8 nitrogen and oxygen atoms in total. The van der Waals surface area contributed by atoms with Crippen LogP contribution in [-0.4, -0.2) is 34.0 Å². The topological polar surface area (TPSA) is 111 Å². The molecule has 0 fully saturated rings. The van der Waals surface area contributed by atoms with Crippen LogP contribution in [-0.2, 0) is 19.6 Å². The number of para-hydroxylation sites is 2. The van der Waals surface area contributed by atoms with Crippen LogP contribution in [0.25, 0.3) is 0 Å². The molecule has 9 heteroatoms. The van der Waals surface area contributed by atoms with E-state index in [1.807, 2.05) is 0 Å². The Balaban J connectivity index is 1.62. The Kier molecular flexibility index (Phi) is 6.88. The number of carbonyl (C=O) groups excluding carboxylic acids is 2. The van der Waals surface area contributed by atoms with Gasteiger partial charge in [-0.2, -0.15) is 0 Å². The molecular formula is C22H20N2O6S. The number of nitrogens with one attached hydrogen (secondary N) is 2. The van der Waals surface area contributed by atoms with E-state index in [1.165, 1.54) is 43.5 Å². The van der Waals surface area contributed by atoms with Gasteiger partial charge in [-0.05, 0) is 42.5 Å². The van der Waals surface area contributed by atoms with Crippen LogP contribution in [0.4, 0.5) is 11.4 Å². The zero-order valence-corrected chi connectivity index (χ0v) is 17.4. The zero-order chi connectivity index (χ0) is 22.3. The summed E-state index contributed by atoms with van der Waals surface area (Å²) in [7, 11) is -2.32. The summed E-state index contributed by atoms with van der Waals surface area (Å²) >= 11 is 0. The molecule has 0 aliphatic heterocycles. The Labute approximate surface area is 179 Å². The molecule has 3 aromatic rings. The lowest BCUT2D eigenvalue weighted by molar-refractivity contribution is -0.119. The van der Waals surface area contributed by atoms with E-state index in [9.17, 15) is 18.0 Å². The summed E-state index contributed by atoms with van der Waals surface area (Å²) in [5, 5.41) is 2.60. The molecule has 0 saturated carbocycles. The fourth-order valence-electron chi connectivity index (χ4n) is 2.67. The lowest BCUT2D eigenvalue weighted by atomic mass is 10.2. The van der Waals surface area contributed by atoms with E-state index in [1.54, 1.807) is 42.5 Å². The van der Waals surface area contributed by atoms with Crippen molar-refractivity contribution in [2.24, 2.45) is 0 Å². The van der Waals surface area contributed by atoms with Gasteiger partial charge in [0.1, 0.15) is 5.75 Å². The second kappa shape index (κ2) is 9.77. The van der Waals surface area contributed by atoms with Gasteiger partial charge in [0.05, 0.1) is 23.3 Å². The Hall–Kier alpha value is -3.85. The van der Waals surface area contributed by atoms with Crippen LogP contribution in [0.2, 0.25) is 0 Å². The van der Waals surface area contributed by atoms with Crippen molar-refractivity contribution >= 4 is 33.3 Å². The molecule has 0 atom stereocenters. The number of sulfonamides is 1. The molecule has 3 aromatic carbocycles. The fraction of sp³-hybridized carbons (Fsp3) is 0.0909. The van der Waals surface area contributed by atoms with Crippen molar-refractivity contribution in [2.75, 3.05) is 23.8 Å². The molecule has 2 N–H and O–H groups in total. The maximum Gasteiger partial charge on any atom is 0.338 e. The third-order valence-corrected chi connectivity index (χ3v) is 5.52. The first-order valence-corrected chi connectivity index (χ1v) is 10.7. The Morgan fingerprint density at radius 2 is 1.61 bits per heavy atom. The molecule has 0 aliphatic rings. The van der Waals surface area contributed by atoms with Crippen molar-refractivity contribution in [3.05, 3.63) is 84.4 Å². The third-order valence-electron chi connectivity index (χ3n) is 4.12. The van der Waals surface area contributed by atoms with E-state index in [2.05, 4.69) is 10.0 Å². The van der Waals surface area contributed by atoms with Gasteiger partial charge in [-0.3, -0.25) is 9.52 Å². The van der Waals surface area contributed by atoms with E-state index in [-0.39, 0.29) is 16.1 Å². The minimum Gasteiger partial charge on any atom is -0.495 e. The number of methoxy groups -OCH3 is 1. The van der Waals surface area contributed by atoms with E-state index < -0.39 is 28.5 Å². The average molecular weight is 440 g/mol. The minimum absolute atomic E-state index is 0.0935. The number of hydrogen-bond acceptors (Lipinski definition) is 6. The number of amides is 1. The van der Waals surface area contributed by atoms with Gasteiger partial charge in [0, 0.05) is 5.69 Å². The van der Waals surface area contributed by atoms with Crippen molar-refractivity contribution in [2.45, 2.75) is 4.90 Å². The second-order valence-corrected chi connectivity index (χ2v) is 8.01. The highest BCUT2D eigenvalue weighted by Crippen LogP contribution is 2.23. The lowest BCUT2D eigenvalue weighted by Crippen LogP contribution is -2.21. The number of carbonyl (C=O) groups is 2. The second-order valence-electron chi connectivity index (χ2n) is 6.32. The lowest BCUT2D eigenvalue weighted by Gasteiger charge is -2.11. The smallest absolute Gasteiger partial charge is 0.338 e. The highest BCUT2D eigenvalue weighted by Gasteiger charge is 2.16. The van der Waals surface area contributed by atoms with Gasteiger partial charge in [0.15, 0.2) is 6.61 Å². The summed E-state index contributed by atoms with van der Waals surface area (Å²) in [5.41, 5.74) is 0.735. The van der Waals surface area contributed by atoms with Gasteiger partial charge >= 0.3 is 5.97 Å². The maximum atomic E-state index is 12.4. The molecule has 0 aromatic heterocycles. The van der Waals surface area contributed by atoms with Crippen LogP contribution < -0.4 is 14.8 Å². The molecule has 160 valence electrons. The highest BCUT2D eigenvalue weighted by atomic mass is 32.2. The van der Waals surface area contributed by atoms with Crippen molar-refractivity contribution in [3.8, 4) is 5.75 Å². The van der Waals surface area contributed by atoms with Crippen LogP contribution in [0.3, 0.4) is 0 Å². The summed E-state index contributed by atoms with van der Waals surface area (Å²) in [6.07, 6.45) is 0. The SMILES string of the molecule is COc1ccccc1NC(=O)COC(=O)c1cccc(NS(=O)(=O)c2ccccc2)c1. The van der Waals surface area contributed by atoms with Gasteiger partial charge in [0.2, 0.25) is 0 Å². The minimum atomic E-state index is -3.80. The van der Waals surface area contributed by atoms with Gasteiger partial charge in [-0.15, -0.1) is 0 Å². The summed E-state index contributed by atoms with van der Waals surface area (Å²) < 4.78 is 37.5. The van der Waals surface area contributed by atoms with Gasteiger partial charge in [-0.1, -0.05) is 36.4 Å². The van der Waals surface area contributed by atoms with E-state index in [0.717, 1.165) is 0 Å². The summed E-state index contributed by atoms with van der Waals surface area (Å²) in [5.74, 6) is -0.838. The van der Waals surface area contributed by atoms with Gasteiger partial charge in [0.25, 0.3) is 15.9 Å². The highest BCUT2D eigenvalue weighted by molar-refractivity contribution is 7.92. The first-order chi connectivity index (χ1) is 14.9. The van der Waals surface area contributed by atoms with Crippen molar-refractivity contribution in [3.63, 3.8) is 0 Å². The van der Waals surface area contributed by atoms with E-state index in [0.29, 0.717) is 11.4 Å². The molecule has 0 saturated heterocycles. The Bertz CT molecular complexity index is 1180. The predicted molar refractivity (Wildman–Crippen MR) is 116 cm³/mol. The van der Waals surface area contributed by atoms with Crippen LogP contribution in [0, 0.1) is 0 Å². The van der Waals surface area contributed by atoms with E-state index in [4.69, 9.17) is 9.47 Å². The summed E-state index contributed by atoms with van der Waals surface area (Å²) in [6.45, 7) is -0.517. The molecule has 1 amide bonds. The number of ether oxygens (including phenoxy) is 2. The van der Waals surface area contributed by atoms with Crippen LogP contribution in [0.15, 0.2) is 83.8 Å². The van der Waals surface area contributed by atoms with E-state index >= 15 is 0 Å². The third kappa shape index (κ3) is 5.83. The Morgan fingerprint density at radius 1 is 0.903 bits per heavy atom. The molecule has 0 spiro atoms. The summed E-state index contributed by atoms with van der Waals surface area (Å²) in [6, 6.07) is 20.5. The van der Waals surface area contributed by atoms with Crippen molar-refractivity contribution < 1.29 is 27.5 Å². The Morgan fingerprint density at radius 3 is 2.35 bits per heavy atom. The predicted octanol–water partition coefficient (Wildman–Crippen LogP) is 3.29. The monoisotopic (exact) mass is 440 g/mol. The number of esters is 1.